The van der Waals surface area contributed by atoms with E-state index in [9.17, 15) is 5.26 Å². The number of hydrogen-bond donors (Lipinski definition) is 1. The van der Waals surface area contributed by atoms with Crippen molar-refractivity contribution in [1.29, 1.82) is 5.26 Å². The van der Waals surface area contributed by atoms with Crippen LogP contribution in [0.2, 0.25) is 0 Å². The van der Waals surface area contributed by atoms with E-state index in [-0.39, 0.29) is 6.04 Å². The van der Waals surface area contributed by atoms with Gasteiger partial charge in [0.05, 0.1) is 17.3 Å². The second-order valence-corrected chi connectivity index (χ2v) is 9.18. The molecule has 2 aliphatic rings. The zero-order chi connectivity index (χ0) is 22.4. The second-order valence-electron chi connectivity index (χ2n) is 9.18. The summed E-state index contributed by atoms with van der Waals surface area (Å²) in [6.07, 6.45) is 6.58. The molecule has 2 aromatic carbocycles. The van der Waals surface area contributed by atoms with E-state index in [1.165, 1.54) is 18.4 Å². The summed E-state index contributed by atoms with van der Waals surface area (Å²) in [6, 6.07) is 20.8. The van der Waals surface area contributed by atoms with Crippen molar-refractivity contribution in [3.8, 4) is 23.1 Å². The van der Waals surface area contributed by atoms with Crippen molar-refractivity contribution in [3.05, 3.63) is 71.9 Å². The van der Waals surface area contributed by atoms with Gasteiger partial charge in [0, 0.05) is 36.6 Å². The van der Waals surface area contributed by atoms with Gasteiger partial charge in [0.15, 0.2) is 5.65 Å². The summed E-state index contributed by atoms with van der Waals surface area (Å²) in [5.41, 5.74) is 13.1. The van der Waals surface area contributed by atoms with Crippen molar-refractivity contribution < 1.29 is 0 Å². The fourth-order valence-electron chi connectivity index (χ4n) is 4.89. The Morgan fingerprint density at radius 3 is 2.45 bits per heavy atom. The molecule has 6 rings (SSSR count). The summed E-state index contributed by atoms with van der Waals surface area (Å²) in [4.78, 5) is 12.2. The van der Waals surface area contributed by atoms with Gasteiger partial charge in [-0.1, -0.05) is 12.1 Å². The summed E-state index contributed by atoms with van der Waals surface area (Å²) in [7, 11) is 0. The van der Waals surface area contributed by atoms with Gasteiger partial charge in [-0.05, 0) is 79.6 Å². The Labute approximate surface area is 193 Å². The van der Waals surface area contributed by atoms with E-state index in [4.69, 9.17) is 15.7 Å². The molecule has 4 aromatic rings. The van der Waals surface area contributed by atoms with E-state index in [1.807, 2.05) is 30.5 Å². The normalized spacial score (nSPS) is 18.4. The first-order valence-corrected chi connectivity index (χ1v) is 11.7. The van der Waals surface area contributed by atoms with E-state index in [0.29, 0.717) is 11.5 Å². The highest BCUT2D eigenvalue weighted by Gasteiger charge is 2.25. The van der Waals surface area contributed by atoms with Gasteiger partial charge in [-0.25, -0.2) is 9.97 Å². The van der Waals surface area contributed by atoms with E-state index in [2.05, 4.69) is 45.9 Å². The first-order chi connectivity index (χ1) is 16.2. The number of piperidine rings is 1. The molecule has 1 saturated carbocycles. The molecule has 6 nitrogen and oxygen atoms in total. The lowest BCUT2D eigenvalue weighted by Gasteiger charge is -2.32. The highest BCUT2D eigenvalue weighted by molar-refractivity contribution is 5.90. The fourth-order valence-corrected chi connectivity index (χ4v) is 4.89. The van der Waals surface area contributed by atoms with Gasteiger partial charge in [-0.2, -0.15) is 5.26 Å². The SMILES string of the molecule is N#Cc1ccc(-c2nc3c(N4CCCC(N)C4)ccnc3n2-c2ccc(C3CC3)cc2)cc1. The molecule has 3 heterocycles. The molecule has 2 fully saturated rings. The maximum absolute atomic E-state index is 9.23. The number of nitrogens with zero attached hydrogens (tertiary/aromatic N) is 5. The molecule has 1 unspecified atom stereocenters. The van der Waals surface area contributed by atoms with Gasteiger partial charge in [0.25, 0.3) is 0 Å². The number of rotatable bonds is 4. The second kappa shape index (κ2) is 8.02. The number of fused-ring (bicyclic) bond motifs is 1. The van der Waals surface area contributed by atoms with Crippen molar-refractivity contribution in [3.63, 3.8) is 0 Å². The predicted molar refractivity (Wildman–Crippen MR) is 130 cm³/mol. The third-order valence-corrected chi connectivity index (χ3v) is 6.80. The Kier molecular flexibility index (Phi) is 4.85. The number of pyridine rings is 1. The maximum atomic E-state index is 9.23. The lowest BCUT2D eigenvalue weighted by Crippen LogP contribution is -2.42. The molecule has 1 aliphatic carbocycles. The van der Waals surface area contributed by atoms with Gasteiger partial charge in [0.2, 0.25) is 0 Å². The van der Waals surface area contributed by atoms with Crippen LogP contribution in [0.3, 0.4) is 0 Å². The summed E-state index contributed by atoms with van der Waals surface area (Å²) >= 11 is 0. The maximum Gasteiger partial charge on any atom is 0.167 e. The molecule has 1 aliphatic heterocycles. The van der Waals surface area contributed by atoms with Crippen molar-refractivity contribution >= 4 is 16.9 Å². The zero-order valence-corrected chi connectivity index (χ0v) is 18.5. The third kappa shape index (κ3) is 3.65. The molecular formula is C27H26N6. The van der Waals surface area contributed by atoms with Crippen LogP contribution in [-0.2, 0) is 0 Å². The lowest BCUT2D eigenvalue weighted by molar-refractivity contribution is 0.507. The van der Waals surface area contributed by atoms with Crippen LogP contribution in [0.25, 0.3) is 28.2 Å². The molecule has 2 N–H and O–H groups in total. The van der Waals surface area contributed by atoms with Crippen molar-refractivity contribution in [1.82, 2.24) is 14.5 Å². The molecular weight excluding hydrogens is 408 g/mol. The van der Waals surface area contributed by atoms with Crippen LogP contribution in [0, 0.1) is 11.3 Å². The average Bonchev–Trinajstić information content (AvgIpc) is 3.64. The zero-order valence-electron chi connectivity index (χ0n) is 18.5. The molecule has 1 saturated heterocycles. The Morgan fingerprint density at radius 1 is 0.970 bits per heavy atom. The molecule has 33 heavy (non-hydrogen) atoms. The van der Waals surface area contributed by atoms with E-state index in [1.54, 1.807) is 0 Å². The van der Waals surface area contributed by atoms with Gasteiger partial charge >= 0.3 is 0 Å². The molecule has 164 valence electrons. The first-order valence-electron chi connectivity index (χ1n) is 11.7. The fraction of sp³-hybridized carbons (Fsp3) is 0.296. The number of hydrogen-bond acceptors (Lipinski definition) is 5. The number of anilines is 1. The third-order valence-electron chi connectivity index (χ3n) is 6.80. The Balaban J connectivity index is 1.53. The number of benzene rings is 2. The first kappa shape index (κ1) is 20.0. The minimum absolute atomic E-state index is 0.178. The summed E-state index contributed by atoms with van der Waals surface area (Å²) in [5, 5.41) is 9.23. The minimum Gasteiger partial charge on any atom is -0.368 e. The molecule has 6 heteroatoms. The van der Waals surface area contributed by atoms with Crippen molar-refractivity contribution in [2.45, 2.75) is 37.6 Å². The lowest BCUT2D eigenvalue weighted by atomic mass is 10.1. The largest absolute Gasteiger partial charge is 0.368 e. The van der Waals surface area contributed by atoms with Crippen LogP contribution in [0.5, 0.6) is 0 Å². The van der Waals surface area contributed by atoms with Gasteiger partial charge in [-0.15, -0.1) is 0 Å². The smallest absolute Gasteiger partial charge is 0.167 e. The van der Waals surface area contributed by atoms with Crippen LogP contribution in [0.4, 0.5) is 5.69 Å². The predicted octanol–water partition coefficient (Wildman–Crippen LogP) is 4.76. The van der Waals surface area contributed by atoms with Crippen molar-refractivity contribution in [2.24, 2.45) is 5.73 Å². The van der Waals surface area contributed by atoms with Crippen LogP contribution in [-0.4, -0.2) is 33.7 Å². The molecule has 0 amide bonds. The molecule has 0 radical (unpaired) electrons. The van der Waals surface area contributed by atoms with Crippen LogP contribution < -0.4 is 10.6 Å². The van der Waals surface area contributed by atoms with Gasteiger partial charge < -0.3 is 10.6 Å². The molecule has 2 aromatic heterocycles. The number of imidazole rings is 1. The number of aromatic nitrogens is 3. The van der Waals surface area contributed by atoms with Gasteiger partial charge in [-0.3, -0.25) is 4.57 Å². The summed E-state index contributed by atoms with van der Waals surface area (Å²) < 4.78 is 2.14. The number of nitriles is 1. The monoisotopic (exact) mass is 434 g/mol. The van der Waals surface area contributed by atoms with Crippen LogP contribution in [0.1, 0.15) is 42.7 Å². The summed E-state index contributed by atoms with van der Waals surface area (Å²) in [6.45, 7) is 1.80. The van der Waals surface area contributed by atoms with Crippen molar-refractivity contribution in [2.75, 3.05) is 18.0 Å². The molecule has 0 bridgehead atoms. The highest BCUT2D eigenvalue weighted by Crippen LogP contribution is 2.40. The van der Waals surface area contributed by atoms with E-state index < -0.39 is 0 Å². The topological polar surface area (TPSA) is 83.8 Å². The van der Waals surface area contributed by atoms with E-state index in [0.717, 1.165) is 59.9 Å². The Bertz CT molecular complexity index is 1340. The molecule has 0 spiro atoms. The highest BCUT2D eigenvalue weighted by atomic mass is 15.2. The quantitative estimate of drug-likeness (QED) is 0.500. The Morgan fingerprint density at radius 2 is 1.76 bits per heavy atom. The van der Waals surface area contributed by atoms with Crippen LogP contribution >= 0.6 is 0 Å². The van der Waals surface area contributed by atoms with E-state index >= 15 is 0 Å². The standard InChI is InChI=1S/C27H26N6/c28-16-18-3-5-21(6-4-18)26-31-25-24(32-15-1-2-22(29)17-32)13-14-30-27(25)33(26)23-11-9-20(10-12-23)19-7-8-19/h3-6,9-14,19,22H,1-2,7-8,15,17,29H2. The van der Waals surface area contributed by atoms with Crippen LogP contribution in [0.15, 0.2) is 60.8 Å². The number of nitrogens with two attached hydrogens (primary N) is 1. The minimum atomic E-state index is 0.178. The Hall–Kier alpha value is -3.69. The summed E-state index contributed by atoms with van der Waals surface area (Å²) in [5.74, 6) is 1.54. The van der Waals surface area contributed by atoms with Gasteiger partial charge in [0.1, 0.15) is 11.3 Å². The molecule has 1 atom stereocenters. The average molecular weight is 435 g/mol.